The summed E-state index contributed by atoms with van der Waals surface area (Å²) in [7, 11) is 0. The summed E-state index contributed by atoms with van der Waals surface area (Å²) in [5, 5.41) is 5.31. The van der Waals surface area contributed by atoms with E-state index in [-0.39, 0.29) is 0 Å². The minimum absolute atomic E-state index is 0.393. The molecule has 0 bridgehead atoms. The summed E-state index contributed by atoms with van der Waals surface area (Å²) in [6, 6.07) is 10.9. The molecular formula is C30H31ClN6. The van der Waals surface area contributed by atoms with Gasteiger partial charge in [0.15, 0.2) is 0 Å². The molecule has 7 rings (SSSR count). The van der Waals surface area contributed by atoms with Crippen molar-refractivity contribution in [1.82, 2.24) is 24.7 Å². The van der Waals surface area contributed by atoms with Gasteiger partial charge in [0.25, 0.3) is 0 Å². The molecule has 37 heavy (non-hydrogen) atoms. The van der Waals surface area contributed by atoms with Crippen molar-refractivity contribution in [3.8, 4) is 5.69 Å². The summed E-state index contributed by atoms with van der Waals surface area (Å²) in [5.74, 6) is 0.800. The zero-order valence-electron chi connectivity index (χ0n) is 22.0. The van der Waals surface area contributed by atoms with E-state index < -0.39 is 10.3 Å². The molecule has 188 valence electrons. The number of para-hydroxylation sites is 1. The van der Waals surface area contributed by atoms with Crippen molar-refractivity contribution in [3.63, 3.8) is 0 Å². The zero-order valence-corrected chi connectivity index (χ0v) is 22.7. The third-order valence-electron chi connectivity index (χ3n) is 8.49. The number of halogens is 1. The molecule has 0 spiro atoms. The number of aryl methyl sites for hydroxylation is 3. The molecule has 5 heterocycles. The van der Waals surface area contributed by atoms with E-state index in [0.29, 0.717) is 0 Å². The Balaban J connectivity index is 1.51. The standard InChI is InChI=1S/C30H31ClN6/c1-6-19-8-7-9-20-23-15-29(4,31)26-22(10-12-32-26)30(23,5)27-21-16-36(28-33-17(2)14-18(3)34-28)13-11-24(21)35-37(27)25(19)20/h7-10,12,14-15,32H,6,11,13,16H2,1-5H3. The molecule has 2 unspecified atom stereocenters. The largest absolute Gasteiger partial charge is 0.363 e. The number of H-pyrrole nitrogens is 1. The van der Waals surface area contributed by atoms with Gasteiger partial charge in [0.05, 0.1) is 22.5 Å². The lowest BCUT2D eigenvalue weighted by Gasteiger charge is -2.45. The van der Waals surface area contributed by atoms with Crippen molar-refractivity contribution in [2.75, 3.05) is 11.4 Å². The predicted octanol–water partition coefficient (Wildman–Crippen LogP) is 5.90. The van der Waals surface area contributed by atoms with Crippen LogP contribution in [0.3, 0.4) is 0 Å². The Kier molecular flexibility index (Phi) is 4.67. The molecule has 7 heteroatoms. The van der Waals surface area contributed by atoms with Crippen LogP contribution in [0.2, 0.25) is 0 Å². The summed E-state index contributed by atoms with van der Waals surface area (Å²) in [6.07, 6.45) is 6.08. The maximum Gasteiger partial charge on any atom is 0.226 e. The molecule has 3 aliphatic rings. The molecule has 0 amide bonds. The van der Waals surface area contributed by atoms with Crippen LogP contribution < -0.4 is 4.90 Å². The van der Waals surface area contributed by atoms with Gasteiger partial charge in [0, 0.05) is 53.9 Å². The van der Waals surface area contributed by atoms with Crippen molar-refractivity contribution in [2.24, 2.45) is 0 Å². The van der Waals surface area contributed by atoms with Crippen LogP contribution in [0.1, 0.15) is 71.5 Å². The highest BCUT2D eigenvalue weighted by Gasteiger charge is 2.51. The van der Waals surface area contributed by atoms with E-state index in [2.05, 4.69) is 65.7 Å². The highest BCUT2D eigenvalue weighted by molar-refractivity contribution is 6.26. The second-order valence-corrected chi connectivity index (χ2v) is 11.8. The monoisotopic (exact) mass is 510 g/mol. The van der Waals surface area contributed by atoms with Crippen LogP contribution in [0.15, 0.2) is 42.6 Å². The van der Waals surface area contributed by atoms with Crippen molar-refractivity contribution in [2.45, 2.75) is 64.3 Å². The molecule has 3 aromatic heterocycles. The fourth-order valence-corrected chi connectivity index (χ4v) is 7.10. The van der Waals surface area contributed by atoms with Gasteiger partial charge in [-0.05, 0) is 62.9 Å². The molecule has 0 radical (unpaired) electrons. The van der Waals surface area contributed by atoms with Crippen LogP contribution >= 0.6 is 11.6 Å². The third kappa shape index (κ3) is 3.02. The number of hydrogen-bond donors (Lipinski definition) is 1. The number of rotatable bonds is 2. The number of anilines is 1. The number of alkyl halides is 1. The topological polar surface area (TPSA) is 62.6 Å². The summed E-state index contributed by atoms with van der Waals surface area (Å²) in [6.45, 7) is 12.3. The summed E-state index contributed by atoms with van der Waals surface area (Å²) in [4.78, 5) is 14.7. The molecule has 1 aliphatic carbocycles. The highest BCUT2D eigenvalue weighted by Crippen LogP contribution is 2.58. The van der Waals surface area contributed by atoms with Gasteiger partial charge in [-0.15, -0.1) is 11.6 Å². The smallest absolute Gasteiger partial charge is 0.226 e. The highest BCUT2D eigenvalue weighted by atomic mass is 35.5. The fraction of sp³-hybridized carbons (Fsp3) is 0.367. The van der Waals surface area contributed by atoms with Crippen LogP contribution in [-0.2, 0) is 29.7 Å². The SMILES string of the molecule is CCc1cccc2c1-n1nc3c(c1C1(C)C2=CC(C)(Cl)c2[nH]ccc21)CN(c1nc(C)cc(C)n1)CC3. The molecule has 1 aromatic carbocycles. The Morgan fingerprint density at radius 3 is 2.65 bits per heavy atom. The Morgan fingerprint density at radius 2 is 1.89 bits per heavy atom. The van der Waals surface area contributed by atoms with Gasteiger partial charge < -0.3 is 9.88 Å². The van der Waals surface area contributed by atoms with E-state index >= 15 is 0 Å². The molecule has 2 aliphatic heterocycles. The number of benzene rings is 1. The van der Waals surface area contributed by atoms with Crippen LogP contribution in [0.5, 0.6) is 0 Å². The van der Waals surface area contributed by atoms with Crippen LogP contribution in [0, 0.1) is 13.8 Å². The summed E-state index contributed by atoms with van der Waals surface area (Å²) >= 11 is 7.19. The normalized spacial score (nSPS) is 23.5. The van der Waals surface area contributed by atoms with Gasteiger partial charge in [-0.2, -0.15) is 5.10 Å². The first kappa shape index (κ1) is 22.8. The van der Waals surface area contributed by atoms with Crippen molar-refractivity contribution in [3.05, 3.63) is 93.3 Å². The number of nitrogens with one attached hydrogen (secondary N) is 1. The van der Waals surface area contributed by atoms with Crippen LogP contribution in [-0.4, -0.2) is 31.3 Å². The Hall–Kier alpha value is -3.38. The van der Waals surface area contributed by atoms with Gasteiger partial charge in [0.1, 0.15) is 4.87 Å². The molecule has 0 fully saturated rings. The fourth-order valence-electron chi connectivity index (χ4n) is 6.84. The first-order chi connectivity index (χ1) is 17.7. The molecule has 6 nitrogen and oxygen atoms in total. The third-order valence-corrected chi connectivity index (χ3v) is 8.79. The lowest BCUT2D eigenvalue weighted by Crippen LogP contribution is -2.41. The second kappa shape index (κ2) is 7.57. The molecular weight excluding hydrogens is 480 g/mol. The Labute approximate surface area is 222 Å². The van der Waals surface area contributed by atoms with Gasteiger partial charge >= 0.3 is 0 Å². The number of nitrogens with zero attached hydrogens (tertiary/aromatic N) is 5. The van der Waals surface area contributed by atoms with E-state index in [4.69, 9.17) is 26.7 Å². The minimum atomic E-state index is -0.617. The number of aromatic nitrogens is 5. The Morgan fingerprint density at radius 1 is 1.11 bits per heavy atom. The van der Waals surface area contributed by atoms with Crippen LogP contribution in [0.4, 0.5) is 5.95 Å². The van der Waals surface area contributed by atoms with E-state index in [1.54, 1.807) is 0 Å². The van der Waals surface area contributed by atoms with Gasteiger partial charge in [-0.25, -0.2) is 14.6 Å². The van der Waals surface area contributed by atoms with Gasteiger partial charge in [0.2, 0.25) is 5.95 Å². The Bertz CT molecular complexity index is 1600. The summed E-state index contributed by atoms with van der Waals surface area (Å²) in [5.41, 5.74) is 12.5. The lowest BCUT2D eigenvalue weighted by molar-refractivity contribution is 0.598. The second-order valence-electron chi connectivity index (χ2n) is 11.0. The molecule has 0 saturated carbocycles. The van der Waals surface area contributed by atoms with Crippen molar-refractivity contribution < 1.29 is 0 Å². The van der Waals surface area contributed by atoms with Crippen LogP contribution in [0.25, 0.3) is 11.3 Å². The molecule has 4 aromatic rings. The maximum atomic E-state index is 7.19. The zero-order chi connectivity index (χ0) is 25.7. The number of allylic oxidation sites excluding steroid dienone is 2. The average molecular weight is 511 g/mol. The minimum Gasteiger partial charge on any atom is -0.363 e. The lowest BCUT2D eigenvalue weighted by atomic mass is 9.63. The number of hydrogen-bond acceptors (Lipinski definition) is 4. The summed E-state index contributed by atoms with van der Waals surface area (Å²) < 4.78 is 2.26. The quantitative estimate of drug-likeness (QED) is 0.341. The van der Waals surface area contributed by atoms with Crippen molar-refractivity contribution >= 4 is 23.1 Å². The number of fused-ring (bicyclic) bond motifs is 10. The van der Waals surface area contributed by atoms with E-state index in [9.17, 15) is 0 Å². The van der Waals surface area contributed by atoms with E-state index in [1.165, 1.54) is 44.9 Å². The predicted molar refractivity (Wildman–Crippen MR) is 148 cm³/mol. The average Bonchev–Trinajstić information content (AvgIpc) is 3.51. The molecule has 2 atom stereocenters. The van der Waals surface area contributed by atoms with E-state index in [0.717, 1.165) is 49.0 Å². The molecule has 0 saturated heterocycles. The van der Waals surface area contributed by atoms with Gasteiger partial charge in [-0.1, -0.05) is 31.2 Å². The number of aromatic amines is 1. The first-order valence-electron chi connectivity index (χ1n) is 13.1. The van der Waals surface area contributed by atoms with Gasteiger partial charge in [-0.3, -0.25) is 0 Å². The first-order valence-corrected chi connectivity index (χ1v) is 13.5. The van der Waals surface area contributed by atoms with E-state index in [1.807, 2.05) is 26.1 Å². The maximum absolute atomic E-state index is 7.19. The van der Waals surface area contributed by atoms with Crippen molar-refractivity contribution in [1.29, 1.82) is 0 Å². The molecule has 1 N–H and O–H groups in total.